The van der Waals surface area contributed by atoms with E-state index in [0.29, 0.717) is 30.0 Å². The molecule has 3 unspecified atom stereocenters. The van der Waals surface area contributed by atoms with Gasteiger partial charge in [-0.2, -0.15) is 11.0 Å². The third-order valence-corrected chi connectivity index (χ3v) is 9.87. The monoisotopic (exact) mass is 548 g/mol. The van der Waals surface area contributed by atoms with Crippen molar-refractivity contribution >= 4 is 18.2 Å². The van der Waals surface area contributed by atoms with E-state index < -0.39 is 0 Å². The molecular formula is C30H36N4O4S. The number of H-pyrrole nitrogens is 1. The summed E-state index contributed by atoms with van der Waals surface area (Å²) in [4.78, 5) is 17.3. The highest BCUT2D eigenvalue weighted by atomic mass is 32.2. The second-order valence-electron chi connectivity index (χ2n) is 11.3. The highest BCUT2D eigenvalue weighted by Crippen LogP contribution is 2.60. The summed E-state index contributed by atoms with van der Waals surface area (Å²) in [6.07, 6.45) is 6.95. The number of benzene rings is 2. The van der Waals surface area contributed by atoms with Crippen LogP contribution < -0.4 is 15.4 Å². The molecule has 2 aromatic carbocycles. The van der Waals surface area contributed by atoms with Gasteiger partial charge in [0.1, 0.15) is 5.75 Å². The molecule has 1 aromatic heterocycles. The lowest BCUT2D eigenvalue weighted by atomic mass is 9.55. The fraction of sp³-hybridized carbons (Fsp3) is 0.467. The molecule has 206 valence electrons. The van der Waals surface area contributed by atoms with Gasteiger partial charge in [0.25, 0.3) is 18.2 Å². The van der Waals surface area contributed by atoms with Gasteiger partial charge in [-0.1, -0.05) is 50.2 Å². The summed E-state index contributed by atoms with van der Waals surface area (Å²) >= 11 is 0.733. The average Bonchev–Trinajstić information content (AvgIpc) is 3.51. The molecule has 3 aromatic rings. The van der Waals surface area contributed by atoms with E-state index in [4.69, 9.17) is 10.1 Å². The second-order valence-corrected chi connectivity index (χ2v) is 11.8. The number of carbonyl (C=O) groups is 1. The van der Waals surface area contributed by atoms with Gasteiger partial charge in [-0.25, -0.2) is 0 Å². The number of aromatic amines is 1. The van der Waals surface area contributed by atoms with Gasteiger partial charge < -0.3 is 9.50 Å². The Kier molecular flexibility index (Phi) is 7.41. The summed E-state index contributed by atoms with van der Waals surface area (Å²) in [5.41, 5.74) is 8.11. The topological polar surface area (TPSA) is 111 Å². The maximum atomic E-state index is 13.2. The van der Waals surface area contributed by atoms with Gasteiger partial charge in [0.05, 0.1) is 0 Å². The van der Waals surface area contributed by atoms with Crippen LogP contribution in [0.1, 0.15) is 83.0 Å². The Hall–Kier alpha value is -2.85. The van der Waals surface area contributed by atoms with Gasteiger partial charge in [0.15, 0.2) is 5.69 Å². The van der Waals surface area contributed by atoms with Crippen molar-refractivity contribution in [1.82, 2.24) is 15.5 Å². The first-order valence-electron chi connectivity index (χ1n) is 14.0. The lowest BCUT2D eigenvalue weighted by Crippen LogP contribution is -2.43. The van der Waals surface area contributed by atoms with E-state index in [1.54, 1.807) is 0 Å². The van der Waals surface area contributed by atoms with E-state index in [9.17, 15) is 4.79 Å². The zero-order chi connectivity index (χ0) is 27.0. The number of nitrogens with one attached hydrogen (secondary N) is 2. The predicted octanol–water partition coefficient (Wildman–Crippen LogP) is 5.28. The molecule has 1 saturated carbocycles. The number of fused-ring (bicyclic) bond motifs is 7. The van der Waals surface area contributed by atoms with Gasteiger partial charge in [0, 0.05) is 23.2 Å². The Morgan fingerprint density at radius 3 is 2.90 bits per heavy atom. The normalized spacial score (nSPS) is 24.8. The number of hydrogen-bond donors (Lipinski definition) is 3. The summed E-state index contributed by atoms with van der Waals surface area (Å²) in [7, 11) is 0. The smallest absolute Gasteiger partial charge is 0.272 e. The van der Waals surface area contributed by atoms with Crippen LogP contribution in [0.2, 0.25) is 0 Å². The number of hydrogen-bond acceptors (Lipinski definition) is 7. The summed E-state index contributed by atoms with van der Waals surface area (Å²) < 4.78 is 10.4. The van der Waals surface area contributed by atoms with E-state index in [2.05, 4.69) is 62.9 Å². The number of carbonyl (C=O) groups excluding carboxylic acids is 1. The van der Waals surface area contributed by atoms with E-state index in [1.165, 1.54) is 22.4 Å². The molecule has 1 fully saturated rings. The molecular weight excluding hydrogens is 512 g/mol. The molecule has 0 aliphatic heterocycles. The molecule has 9 heteroatoms. The number of aryl methyl sites for hydroxylation is 2. The van der Waals surface area contributed by atoms with Crippen LogP contribution in [-0.2, 0) is 40.4 Å². The van der Waals surface area contributed by atoms with Crippen molar-refractivity contribution in [2.45, 2.75) is 70.1 Å². The van der Waals surface area contributed by atoms with Crippen LogP contribution in [0, 0.1) is 11.8 Å². The highest BCUT2D eigenvalue weighted by Gasteiger charge is 2.55. The van der Waals surface area contributed by atoms with Gasteiger partial charge in [-0.15, -0.1) is 9.32 Å². The zero-order valence-electron chi connectivity index (χ0n) is 22.5. The fourth-order valence-electron chi connectivity index (χ4n) is 7.57. The average molecular weight is 549 g/mol. The minimum Gasteiger partial charge on any atom is -0.398 e. The SMILES string of the molecule is CCc1cc2c(cc1OSOON)CCC1C2CC[C@]2(C)c3[nH]nc(C(=O)NCCc4ccccc4)c3CC12. The Balaban J connectivity index is 1.19. The van der Waals surface area contributed by atoms with Crippen LogP contribution in [0.3, 0.4) is 0 Å². The van der Waals surface area contributed by atoms with Gasteiger partial charge >= 0.3 is 0 Å². The van der Waals surface area contributed by atoms with E-state index in [0.717, 1.165) is 74.1 Å². The molecule has 1 heterocycles. The number of rotatable bonds is 9. The molecule has 0 radical (unpaired) electrons. The molecule has 39 heavy (non-hydrogen) atoms. The molecule has 0 bridgehead atoms. The lowest BCUT2D eigenvalue weighted by molar-refractivity contribution is -0.199. The third kappa shape index (κ3) is 4.75. The highest BCUT2D eigenvalue weighted by molar-refractivity contribution is 7.90. The van der Waals surface area contributed by atoms with Gasteiger partial charge in [-0.3, -0.25) is 9.89 Å². The molecule has 1 amide bonds. The van der Waals surface area contributed by atoms with Crippen LogP contribution in [0.15, 0.2) is 42.5 Å². The predicted molar refractivity (Wildman–Crippen MR) is 150 cm³/mol. The second kappa shape index (κ2) is 11.0. The Labute approximate surface area is 233 Å². The molecule has 8 nitrogen and oxygen atoms in total. The zero-order valence-corrected chi connectivity index (χ0v) is 23.3. The third-order valence-electron chi connectivity index (χ3n) is 9.49. The maximum Gasteiger partial charge on any atom is 0.272 e. The molecule has 3 aliphatic carbocycles. The first-order chi connectivity index (χ1) is 19.0. The van der Waals surface area contributed by atoms with Gasteiger partial charge in [0.2, 0.25) is 0 Å². The van der Waals surface area contributed by atoms with Crippen molar-refractivity contribution in [3.63, 3.8) is 0 Å². The first-order valence-corrected chi connectivity index (χ1v) is 14.6. The molecule has 3 aliphatic rings. The first kappa shape index (κ1) is 26.4. The molecule has 4 N–H and O–H groups in total. The minimum absolute atomic E-state index is 0.0242. The maximum absolute atomic E-state index is 13.2. The summed E-state index contributed by atoms with van der Waals surface area (Å²) in [5, 5.41) is 10.9. The molecule has 6 rings (SSSR count). The molecule has 0 spiro atoms. The quantitative estimate of drug-likeness (QED) is 0.144. The van der Waals surface area contributed by atoms with Crippen LogP contribution in [0.5, 0.6) is 5.75 Å². The van der Waals surface area contributed by atoms with Crippen molar-refractivity contribution in [3.05, 3.63) is 81.7 Å². The lowest BCUT2D eigenvalue weighted by Gasteiger charge is -2.49. The summed E-state index contributed by atoms with van der Waals surface area (Å²) in [6.45, 7) is 5.12. The standard InChI is InChI=1S/C30H36N4O4S/c1-3-19-15-23-20(16-26(19)36-39-38-37-31)9-10-22-21(23)11-13-30(2)25(22)17-24-27(33-34-28(24)30)29(35)32-14-12-18-7-5-4-6-8-18/h4-8,15-16,21-22,25H,3,9-14,17,31H2,1-2H3,(H,32,35)(H,33,34)/t21?,22?,25?,30-/m0/s1. The van der Waals surface area contributed by atoms with Crippen LogP contribution in [0.4, 0.5) is 0 Å². The number of nitrogens with two attached hydrogens (primary N) is 1. The Bertz CT molecular complexity index is 1350. The Morgan fingerprint density at radius 1 is 1.26 bits per heavy atom. The summed E-state index contributed by atoms with van der Waals surface area (Å²) in [6, 6.07) is 14.8. The van der Waals surface area contributed by atoms with Crippen molar-refractivity contribution < 1.29 is 18.3 Å². The van der Waals surface area contributed by atoms with E-state index in [1.807, 2.05) is 18.2 Å². The fourth-order valence-corrected chi connectivity index (χ4v) is 7.85. The Morgan fingerprint density at radius 2 is 2.10 bits per heavy atom. The van der Waals surface area contributed by atoms with Crippen molar-refractivity contribution in [3.8, 4) is 5.75 Å². The van der Waals surface area contributed by atoms with Crippen molar-refractivity contribution in [1.29, 1.82) is 0 Å². The summed E-state index contributed by atoms with van der Waals surface area (Å²) in [5.74, 6) is 7.27. The molecule has 4 atom stereocenters. The number of aromatic nitrogens is 2. The van der Waals surface area contributed by atoms with Crippen LogP contribution >= 0.6 is 12.3 Å². The van der Waals surface area contributed by atoms with Crippen molar-refractivity contribution in [2.24, 2.45) is 17.7 Å². The molecule has 0 saturated heterocycles. The largest absolute Gasteiger partial charge is 0.398 e. The number of nitrogens with zero attached hydrogens (tertiary/aromatic N) is 1. The van der Waals surface area contributed by atoms with Crippen LogP contribution in [0.25, 0.3) is 0 Å². The van der Waals surface area contributed by atoms with Gasteiger partial charge in [-0.05, 0) is 91.0 Å². The van der Waals surface area contributed by atoms with Crippen molar-refractivity contribution in [2.75, 3.05) is 6.54 Å². The van der Waals surface area contributed by atoms with Crippen LogP contribution in [-0.4, -0.2) is 22.6 Å². The van der Waals surface area contributed by atoms with E-state index >= 15 is 0 Å². The minimum atomic E-state index is -0.0711. The number of amides is 1. The van der Waals surface area contributed by atoms with E-state index in [-0.39, 0.29) is 11.3 Å².